The van der Waals surface area contributed by atoms with E-state index >= 15 is 0 Å². The number of hydrogen-bond donors (Lipinski definition) is 2. The minimum Gasteiger partial charge on any atom is -0.399 e. The van der Waals surface area contributed by atoms with Crippen molar-refractivity contribution in [3.63, 3.8) is 0 Å². The predicted molar refractivity (Wildman–Crippen MR) is 84.1 cm³/mol. The molecule has 0 aliphatic heterocycles. The van der Waals surface area contributed by atoms with E-state index in [1.807, 2.05) is 0 Å². The number of nitrogens with zero attached hydrogens (tertiary/aromatic N) is 1. The van der Waals surface area contributed by atoms with Crippen molar-refractivity contribution in [3.8, 4) is 11.4 Å². The molecule has 2 aromatic carbocycles. The number of H-pyrrole nitrogens is 1. The fraction of sp³-hybridized carbons (Fsp3) is 0.0714. The zero-order valence-electron chi connectivity index (χ0n) is 11.1. The molecular weight excluding hydrogens is 310 g/mol. The van der Waals surface area contributed by atoms with Crippen molar-refractivity contribution in [1.29, 1.82) is 0 Å². The van der Waals surface area contributed by atoms with Crippen LogP contribution in [0.4, 0.5) is 5.69 Å². The average Bonchev–Trinajstić information content (AvgIpc) is 2.79. The molecule has 0 fully saturated rings. The minimum atomic E-state index is -3.25. The molecule has 21 heavy (non-hydrogen) atoms. The number of hydrogen-bond acceptors (Lipinski definition) is 4. The molecule has 108 valence electrons. The molecule has 3 N–H and O–H groups in total. The summed E-state index contributed by atoms with van der Waals surface area (Å²) in [5.74, 6) is 0.570. The standard InChI is InChI=1S/C14H12ClN3O2S/c1-21(19,20)9-3-5-12-13(7-9)18-14(17-12)10-4-2-8(16)6-11(10)15/h2-7H,16H2,1H3,(H,17,18). The fourth-order valence-corrected chi connectivity index (χ4v) is 3.00. The van der Waals surface area contributed by atoms with E-state index in [-0.39, 0.29) is 4.90 Å². The first kappa shape index (κ1) is 13.9. The van der Waals surface area contributed by atoms with Gasteiger partial charge in [-0.3, -0.25) is 0 Å². The number of sulfone groups is 1. The summed E-state index contributed by atoms with van der Waals surface area (Å²) in [5.41, 5.74) is 8.26. The van der Waals surface area contributed by atoms with Crippen LogP contribution in [0.2, 0.25) is 5.02 Å². The number of nitrogen functional groups attached to an aromatic ring is 1. The molecule has 0 saturated carbocycles. The number of benzene rings is 2. The zero-order valence-corrected chi connectivity index (χ0v) is 12.7. The Balaban J connectivity index is 2.17. The normalized spacial score (nSPS) is 11.9. The van der Waals surface area contributed by atoms with Gasteiger partial charge in [-0.25, -0.2) is 13.4 Å². The smallest absolute Gasteiger partial charge is 0.175 e. The van der Waals surface area contributed by atoms with E-state index in [9.17, 15) is 8.42 Å². The van der Waals surface area contributed by atoms with Gasteiger partial charge in [0.25, 0.3) is 0 Å². The first-order chi connectivity index (χ1) is 9.84. The Labute approximate surface area is 126 Å². The van der Waals surface area contributed by atoms with Crippen LogP contribution >= 0.6 is 11.6 Å². The SMILES string of the molecule is CS(=O)(=O)c1ccc2nc(-c3ccc(N)cc3Cl)[nH]c2c1. The number of nitrogens with two attached hydrogens (primary N) is 1. The highest BCUT2D eigenvalue weighted by atomic mass is 35.5. The molecule has 0 amide bonds. The highest BCUT2D eigenvalue weighted by molar-refractivity contribution is 7.90. The first-order valence-corrected chi connectivity index (χ1v) is 8.37. The molecule has 0 bridgehead atoms. The largest absolute Gasteiger partial charge is 0.399 e. The van der Waals surface area contributed by atoms with Crippen molar-refractivity contribution < 1.29 is 8.42 Å². The van der Waals surface area contributed by atoms with E-state index in [0.29, 0.717) is 33.1 Å². The Bertz CT molecular complexity index is 948. The summed E-state index contributed by atoms with van der Waals surface area (Å²) in [6, 6.07) is 9.91. The van der Waals surface area contributed by atoms with Crippen LogP contribution < -0.4 is 5.73 Å². The Morgan fingerprint density at radius 3 is 2.62 bits per heavy atom. The van der Waals surface area contributed by atoms with Crippen LogP contribution in [0.3, 0.4) is 0 Å². The van der Waals surface area contributed by atoms with Gasteiger partial charge in [-0.15, -0.1) is 0 Å². The van der Waals surface area contributed by atoms with Crippen LogP contribution in [-0.4, -0.2) is 24.6 Å². The summed E-state index contributed by atoms with van der Waals surface area (Å²) in [4.78, 5) is 7.75. The molecule has 7 heteroatoms. The topological polar surface area (TPSA) is 88.8 Å². The van der Waals surface area contributed by atoms with Gasteiger partial charge in [0.15, 0.2) is 9.84 Å². The Kier molecular flexibility index (Phi) is 3.15. The molecule has 0 unspecified atom stereocenters. The summed E-state index contributed by atoms with van der Waals surface area (Å²) >= 11 is 6.16. The zero-order chi connectivity index (χ0) is 15.2. The molecule has 0 atom stereocenters. The second kappa shape index (κ2) is 4.75. The number of imidazole rings is 1. The van der Waals surface area contributed by atoms with Crippen LogP contribution in [0.15, 0.2) is 41.3 Å². The van der Waals surface area contributed by atoms with E-state index < -0.39 is 9.84 Å². The van der Waals surface area contributed by atoms with Crippen molar-refractivity contribution in [2.24, 2.45) is 0 Å². The maximum atomic E-state index is 11.6. The van der Waals surface area contributed by atoms with Gasteiger partial charge in [-0.1, -0.05) is 11.6 Å². The molecule has 1 aromatic heterocycles. The number of nitrogens with one attached hydrogen (secondary N) is 1. The predicted octanol–water partition coefficient (Wildman–Crippen LogP) is 2.87. The lowest BCUT2D eigenvalue weighted by atomic mass is 10.2. The Hall–Kier alpha value is -2.05. The minimum absolute atomic E-state index is 0.244. The van der Waals surface area contributed by atoms with E-state index in [2.05, 4.69) is 9.97 Å². The summed E-state index contributed by atoms with van der Waals surface area (Å²) in [6.07, 6.45) is 1.17. The maximum absolute atomic E-state index is 11.6. The van der Waals surface area contributed by atoms with Gasteiger partial charge in [-0.05, 0) is 36.4 Å². The van der Waals surface area contributed by atoms with Gasteiger partial charge < -0.3 is 10.7 Å². The molecule has 3 aromatic rings. The van der Waals surface area contributed by atoms with Crippen LogP contribution in [-0.2, 0) is 9.84 Å². The van der Waals surface area contributed by atoms with Gasteiger partial charge in [0.05, 0.1) is 21.0 Å². The number of halogens is 1. The summed E-state index contributed by atoms with van der Waals surface area (Å²) in [7, 11) is -3.25. The van der Waals surface area contributed by atoms with Gasteiger partial charge in [0.1, 0.15) is 5.82 Å². The molecule has 0 radical (unpaired) electrons. The second-order valence-electron chi connectivity index (χ2n) is 4.78. The van der Waals surface area contributed by atoms with Crippen molar-refractivity contribution in [2.45, 2.75) is 4.90 Å². The van der Waals surface area contributed by atoms with Gasteiger partial charge in [0, 0.05) is 17.5 Å². The third-order valence-electron chi connectivity index (χ3n) is 3.13. The first-order valence-electron chi connectivity index (χ1n) is 6.10. The molecule has 0 saturated heterocycles. The number of anilines is 1. The highest BCUT2D eigenvalue weighted by Crippen LogP contribution is 2.29. The number of aromatic nitrogens is 2. The third kappa shape index (κ3) is 2.59. The van der Waals surface area contributed by atoms with E-state index in [0.717, 1.165) is 0 Å². The molecule has 5 nitrogen and oxygen atoms in total. The van der Waals surface area contributed by atoms with Crippen LogP contribution in [0.25, 0.3) is 22.4 Å². The molecule has 3 rings (SSSR count). The third-order valence-corrected chi connectivity index (χ3v) is 4.55. The van der Waals surface area contributed by atoms with E-state index in [4.69, 9.17) is 17.3 Å². The van der Waals surface area contributed by atoms with Crippen molar-refractivity contribution in [1.82, 2.24) is 9.97 Å². The maximum Gasteiger partial charge on any atom is 0.175 e. The van der Waals surface area contributed by atoms with Crippen LogP contribution in [0.5, 0.6) is 0 Å². The Morgan fingerprint density at radius 1 is 1.19 bits per heavy atom. The second-order valence-corrected chi connectivity index (χ2v) is 7.20. The van der Waals surface area contributed by atoms with Crippen molar-refractivity contribution >= 4 is 38.2 Å². The number of rotatable bonds is 2. The van der Waals surface area contributed by atoms with Crippen LogP contribution in [0, 0.1) is 0 Å². The monoisotopic (exact) mass is 321 g/mol. The molecule has 0 aliphatic rings. The number of fused-ring (bicyclic) bond motifs is 1. The van der Waals surface area contributed by atoms with Gasteiger partial charge in [-0.2, -0.15) is 0 Å². The molecule has 0 aliphatic carbocycles. The van der Waals surface area contributed by atoms with E-state index in [1.54, 1.807) is 30.3 Å². The summed E-state index contributed by atoms with van der Waals surface area (Å²) in [5, 5.41) is 0.484. The van der Waals surface area contributed by atoms with Gasteiger partial charge in [0.2, 0.25) is 0 Å². The lowest BCUT2D eigenvalue weighted by Gasteiger charge is -2.01. The lowest BCUT2D eigenvalue weighted by Crippen LogP contribution is -1.96. The van der Waals surface area contributed by atoms with Crippen molar-refractivity contribution in [2.75, 3.05) is 12.0 Å². The summed E-state index contributed by atoms with van der Waals surface area (Å²) < 4.78 is 23.2. The average molecular weight is 322 g/mol. The van der Waals surface area contributed by atoms with Crippen molar-refractivity contribution in [3.05, 3.63) is 41.4 Å². The fourth-order valence-electron chi connectivity index (χ4n) is 2.07. The quantitative estimate of drug-likeness (QED) is 0.710. The van der Waals surface area contributed by atoms with Gasteiger partial charge >= 0.3 is 0 Å². The molecule has 1 heterocycles. The molecular formula is C14H12ClN3O2S. The molecule has 0 spiro atoms. The lowest BCUT2D eigenvalue weighted by molar-refractivity contribution is 0.602. The number of aromatic amines is 1. The summed E-state index contributed by atoms with van der Waals surface area (Å²) in [6.45, 7) is 0. The van der Waals surface area contributed by atoms with Crippen LogP contribution in [0.1, 0.15) is 0 Å². The highest BCUT2D eigenvalue weighted by Gasteiger charge is 2.12. The van der Waals surface area contributed by atoms with E-state index in [1.165, 1.54) is 12.3 Å². The Morgan fingerprint density at radius 2 is 1.95 bits per heavy atom.